The number of hydrogen-bond donors (Lipinski definition) is 4. The summed E-state index contributed by atoms with van der Waals surface area (Å²) in [6.45, 7) is 0. The van der Waals surface area contributed by atoms with Crippen LogP contribution in [-0.4, -0.2) is 42.4 Å². The van der Waals surface area contributed by atoms with Gasteiger partial charge in [-0.1, -0.05) is 12.8 Å². The first-order valence-corrected chi connectivity index (χ1v) is 8.95. The van der Waals surface area contributed by atoms with Crippen molar-refractivity contribution in [2.45, 2.75) is 31.7 Å². The second-order valence-corrected chi connectivity index (χ2v) is 6.38. The average molecular weight is 368 g/mol. The lowest BCUT2D eigenvalue weighted by Gasteiger charge is -2.14. The minimum absolute atomic E-state index is 0.232. The van der Waals surface area contributed by atoms with Gasteiger partial charge in [-0.25, -0.2) is 9.78 Å². The number of carbonyl (C=O) groups is 1. The van der Waals surface area contributed by atoms with Crippen LogP contribution in [0.3, 0.4) is 0 Å². The number of fused-ring (bicyclic) bond motifs is 1. The van der Waals surface area contributed by atoms with Gasteiger partial charge in [0.1, 0.15) is 11.3 Å². The van der Waals surface area contributed by atoms with Crippen molar-refractivity contribution in [3.63, 3.8) is 0 Å². The van der Waals surface area contributed by atoms with Gasteiger partial charge in [0.05, 0.1) is 12.6 Å². The molecule has 0 spiro atoms. The Bertz CT molecular complexity index is 874. The molecule has 0 saturated heterocycles. The van der Waals surface area contributed by atoms with Gasteiger partial charge < -0.3 is 20.8 Å². The summed E-state index contributed by atoms with van der Waals surface area (Å²) in [7, 11) is 3.31. The number of pyridine rings is 2. The van der Waals surface area contributed by atoms with Crippen molar-refractivity contribution in [1.82, 2.24) is 20.6 Å². The number of urea groups is 1. The molecule has 1 saturated carbocycles. The molecule has 2 heterocycles. The van der Waals surface area contributed by atoms with Crippen molar-refractivity contribution >= 4 is 34.7 Å². The second-order valence-electron chi connectivity index (χ2n) is 6.38. The summed E-state index contributed by atoms with van der Waals surface area (Å²) < 4.78 is 5.55. The normalized spacial score (nSPS) is 14.8. The van der Waals surface area contributed by atoms with Gasteiger partial charge in [-0.05, 0) is 25.0 Å². The predicted molar refractivity (Wildman–Crippen MR) is 106 cm³/mol. The third-order valence-corrected chi connectivity index (χ3v) is 4.57. The lowest BCUT2D eigenvalue weighted by atomic mass is 10.1. The molecule has 2 aromatic heterocycles. The number of nitrogens with one attached hydrogen (secondary N) is 4. The average Bonchev–Trinajstić information content (AvgIpc) is 3.18. The topological polar surface area (TPSA) is 112 Å². The Hall–Kier alpha value is -3.16. The van der Waals surface area contributed by atoms with Crippen LogP contribution in [0.5, 0.6) is 5.75 Å². The van der Waals surface area contributed by atoms with E-state index in [4.69, 9.17) is 10.1 Å². The molecule has 1 fully saturated rings. The van der Waals surface area contributed by atoms with Crippen LogP contribution in [0.2, 0.25) is 0 Å². The highest BCUT2D eigenvalue weighted by Crippen LogP contribution is 2.31. The van der Waals surface area contributed by atoms with E-state index >= 15 is 0 Å². The molecule has 0 bridgehead atoms. The van der Waals surface area contributed by atoms with Crippen LogP contribution < -0.4 is 20.7 Å². The quantitative estimate of drug-likeness (QED) is 0.586. The number of hydrogen-bond acceptors (Lipinski definition) is 6. The Kier molecular flexibility index (Phi) is 5.85. The van der Waals surface area contributed by atoms with Crippen LogP contribution in [0.25, 0.3) is 16.6 Å². The largest absolute Gasteiger partial charge is 0.494 e. The Balaban J connectivity index is 1.91. The molecule has 0 atom stereocenters. The minimum Gasteiger partial charge on any atom is -0.494 e. The first-order chi connectivity index (χ1) is 13.2. The highest BCUT2D eigenvalue weighted by Gasteiger charge is 2.18. The summed E-state index contributed by atoms with van der Waals surface area (Å²) in [5.74, 6) is 0.925. The van der Waals surface area contributed by atoms with Gasteiger partial charge in [0, 0.05) is 42.8 Å². The van der Waals surface area contributed by atoms with Crippen molar-refractivity contribution in [3.05, 3.63) is 30.1 Å². The number of ether oxygens (including phenoxy) is 1. The third kappa shape index (κ3) is 4.16. The summed E-state index contributed by atoms with van der Waals surface area (Å²) in [6, 6.07) is 3.47. The van der Waals surface area contributed by atoms with Gasteiger partial charge in [-0.3, -0.25) is 10.3 Å². The van der Waals surface area contributed by atoms with E-state index in [0.29, 0.717) is 33.7 Å². The van der Waals surface area contributed by atoms with Gasteiger partial charge >= 0.3 is 6.03 Å². The van der Waals surface area contributed by atoms with E-state index in [0.717, 1.165) is 25.7 Å². The maximum absolute atomic E-state index is 12.2. The molecule has 0 aliphatic heterocycles. The SMILES string of the molecule is CN/C=C(\C=N)c1cnc2ccc(NC(=O)NC3CCCC3)nc2c1OC. The molecule has 3 rings (SSSR count). The zero-order chi connectivity index (χ0) is 19.2. The van der Waals surface area contributed by atoms with E-state index in [1.807, 2.05) is 0 Å². The van der Waals surface area contributed by atoms with Crippen LogP contribution in [0.15, 0.2) is 24.5 Å². The highest BCUT2D eigenvalue weighted by molar-refractivity contribution is 6.10. The van der Waals surface area contributed by atoms with Crippen LogP contribution >= 0.6 is 0 Å². The fraction of sp³-hybridized carbons (Fsp3) is 0.368. The molecule has 4 N–H and O–H groups in total. The summed E-state index contributed by atoms with van der Waals surface area (Å²) >= 11 is 0. The molecule has 2 aromatic rings. The van der Waals surface area contributed by atoms with E-state index in [1.165, 1.54) is 6.21 Å². The van der Waals surface area contributed by atoms with Crippen LogP contribution in [0.4, 0.5) is 10.6 Å². The smallest absolute Gasteiger partial charge is 0.320 e. The van der Waals surface area contributed by atoms with Gasteiger partial charge in [0.25, 0.3) is 0 Å². The molecular weight excluding hydrogens is 344 g/mol. The van der Waals surface area contributed by atoms with Gasteiger partial charge in [0.15, 0.2) is 5.75 Å². The lowest BCUT2D eigenvalue weighted by Crippen LogP contribution is -2.36. The molecule has 8 heteroatoms. The number of rotatable bonds is 6. The van der Waals surface area contributed by atoms with Gasteiger partial charge in [0.2, 0.25) is 0 Å². The van der Waals surface area contributed by atoms with Crippen molar-refractivity contribution < 1.29 is 9.53 Å². The Labute approximate surface area is 157 Å². The summed E-state index contributed by atoms with van der Waals surface area (Å²) in [5, 5.41) is 16.3. The van der Waals surface area contributed by atoms with Crippen molar-refractivity contribution in [2.24, 2.45) is 0 Å². The highest BCUT2D eigenvalue weighted by atomic mass is 16.5. The monoisotopic (exact) mass is 368 g/mol. The maximum atomic E-state index is 12.2. The van der Waals surface area contributed by atoms with Crippen LogP contribution in [-0.2, 0) is 0 Å². The second kappa shape index (κ2) is 8.48. The molecule has 0 aromatic carbocycles. The molecule has 0 radical (unpaired) electrons. The Morgan fingerprint density at radius 2 is 2.11 bits per heavy atom. The van der Waals surface area contributed by atoms with E-state index in [2.05, 4.69) is 25.9 Å². The standard InChI is InChI=1S/C19H24N6O2/c1-21-10-12(9-20)14-11-22-15-7-8-16(24-17(15)18(14)27-2)25-19(26)23-13-5-3-4-6-13/h7-11,13,20-21H,3-6H2,1-2H3,(H2,23,24,25,26)/b12-10+,20-9?. The van der Waals surface area contributed by atoms with Gasteiger partial charge in [-0.15, -0.1) is 0 Å². The summed E-state index contributed by atoms with van der Waals surface area (Å²) in [5.41, 5.74) is 2.43. The molecular formula is C19H24N6O2. The van der Waals surface area contributed by atoms with E-state index in [1.54, 1.807) is 38.7 Å². The zero-order valence-corrected chi connectivity index (χ0v) is 15.5. The number of amides is 2. The van der Waals surface area contributed by atoms with Gasteiger partial charge in [-0.2, -0.15) is 0 Å². The Morgan fingerprint density at radius 3 is 2.78 bits per heavy atom. The fourth-order valence-corrected chi connectivity index (χ4v) is 3.29. The summed E-state index contributed by atoms with van der Waals surface area (Å²) in [6.07, 6.45) is 8.90. The van der Waals surface area contributed by atoms with Crippen molar-refractivity contribution in [2.75, 3.05) is 19.5 Å². The van der Waals surface area contributed by atoms with E-state index in [9.17, 15) is 4.79 Å². The number of anilines is 1. The minimum atomic E-state index is -0.257. The summed E-state index contributed by atoms with van der Waals surface area (Å²) in [4.78, 5) is 21.1. The third-order valence-electron chi connectivity index (χ3n) is 4.57. The molecule has 1 aliphatic carbocycles. The number of carbonyl (C=O) groups excluding carboxylic acids is 1. The molecule has 142 valence electrons. The molecule has 2 amide bonds. The fourth-order valence-electron chi connectivity index (χ4n) is 3.29. The lowest BCUT2D eigenvalue weighted by molar-refractivity contribution is 0.248. The van der Waals surface area contributed by atoms with Crippen LogP contribution in [0, 0.1) is 5.41 Å². The maximum Gasteiger partial charge on any atom is 0.320 e. The van der Waals surface area contributed by atoms with E-state index < -0.39 is 0 Å². The van der Waals surface area contributed by atoms with Crippen molar-refractivity contribution in [3.8, 4) is 5.75 Å². The first-order valence-electron chi connectivity index (χ1n) is 8.95. The molecule has 27 heavy (non-hydrogen) atoms. The zero-order valence-electron chi connectivity index (χ0n) is 15.5. The predicted octanol–water partition coefficient (Wildman–Crippen LogP) is 2.91. The number of allylic oxidation sites excluding steroid dienone is 1. The first kappa shape index (κ1) is 18.6. The Morgan fingerprint density at radius 1 is 1.33 bits per heavy atom. The number of nitrogens with zero attached hydrogens (tertiary/aromatic N) is 2. The molecule has 1 aliphatic rings. The van der Waals surface area contributed by atoms with Crippen LogP contribution in [0.1, 0.15) is 31.2 Å². The molecule has 8 nitrogen and oxygen atoms in total. The number of methoxy groups -OCH3 is 1. The molecule has 0 unspecified atom stereocenters. The number of aromatic nitrogens is 2. The van der Waals surface area contributed by atoms with E-state index in [-0.39, 0.29) is 12.1 Å². The van der Waals surface area contributed by atoms with Crippen molar-refractivity contribution in [1.29, 1.82) is 5.41 Å².